The molecule has 0 bridgehead atoms. The summed E-state index contributed by atoms with van der Waals surface area (Å²) in [5, 5.41) is 1.73. The van der Waals surface area contributed by atoms with Crippen molar-refractivity contribution in [1.82, 2.24) is 15.0 Å². The van der Waals surface area contributed by atoms with Crippen LogP contribution in [0, 0.1) is 0 Å². The van der Waals surface area contributed by atoms with Gasteiger partial charge in [0.15, 0.2) is 5.65 Å². The summed E-state index contributed by atoms with van der Waals surface area (Å²) in [6.07, 6.45) is 4.68. The third-order valence-corrected chi connectivity index (χ3v) is 5.72. The molecule has 4 nitrogen and oxygen atoms in total. The zero-order valence-corrected chi connectivity index (χ0v) is 16.4. The van der Waals surface area contributed by atoms with Gasteiger partial charge < -0.3 is 10.7 Å². The highest BCUT2D eigenvalue weighted by Crippen LogP contribution is 2.39. The van der Waals surface area contributed by atoms with Crippen LogP contribution in [0.4, 0.5) is 0 Å². The Morgan fingerprint density at radius 3 is 2.65 bits per heavy atom. The number of hydrogen-bond donors (Lipinski definition) is 2. The lowest BCUT2D eigenvalue weighted by atomic mass is 9.73. The molecule has 1 aliphatic rings. The average molecular weight is 410 g/mol. The van der Waals surface area contributed by atoms with Crippen molar-refractivity contribution in [3.05, 3.63) is 56.9 Å². The lowest BCUT2D eigenvalue weighted by Gasteiger charge is -2.37. The molecule has 0 amide bonds. The summed E-state index contributed by atoms with van der Waals surface area (Å²) in [6.45, 7) is 0. The average Bonchev–Trinajstić information content (AvgIpc) is 2.96. The van der Waals surface area contributed by atoms with Gasteiger partial charge >= 0.3 is 0 Å². The molecule has 1 saturated carbocycles. The Morgan fingerprint density at radius 1 is 1.12 bits per heavy atom. The molecule has 2 aromatic heterocycles. The van der Waals surface area contributed by atoms with E-state index in [1.54, 1.807) is 12.1 Å². The van der Waals surface area contributed by atoms with E-state index in [1.807, 2.05) is 18.2 Å². The number of fused-ring (bicyclic) bond motifs is 1. The number of pyridine rings is 1. The largest absolute Gasteiger partial charge is 0.340 e. The summed E-state index contributed by atoms with van der Waals surface area (Å²) in [5.41, 5.74) is 9.10. The topological polar surface area (TPSA) is 67.6 Å². The number of nitrogens with one attached hydrogen (secondary N) is 1. The summed E-state index contributed by atoms with van der Waals surface area (Å²) in [5.74, 6) is 1.21. The van der Waals surface area contributed by atoms with Crippen molar-refractivity contribution in [2.75, 3.05) is 0 Å². The maximum atomic E-state index is 6.77. The number of rotatable bonds is 3. The molecule has 1 fully saturated rings. The van der Waals surface area contributed by atoms with Crippen molar-refractivity contribution >= 4 is 46.0 Å². The van der Waals surface area contributed by atoms with Gasteiger partial charge in [0.2, 0.25) is 0 Å². The summed E-state index contributed by atoms with van der Waals surface area (Å²) in [7, 11) is 0. The quantitative estimate of drug-likeness (QED) is 0.560. The molecule has 136 valence electrons. The van der Waals surface area contributed by atoms with Gasteiger partial charge in [-0.05, 0) is 61.6 Å². The van der Waals surface area contributed by atoms with Crippen LogP contribution in [-0.4, -0.2) is 20.5 Å². The molecule has 3 N–H and O–H groups in total. The molecule has 0 radical (unpaired) electrons. The molecule has 7 heteroatoms. The Morgan fingerprint density at radius 2 is 1.88 bits per heavy atom. The zero-order chi connectivity index (χ0) is 18.3. The Labute approximate surface area is 167 Å². The Kier molecular flexibility index (Phi) is 4.86. The number of H-pyrrole nitrogens is 1. The Bertz CT molecular complexity index is 935. The van der Waals surface area contributed by atoms with Gasteiger partial charge in [0, 0.05) is 21.5 Å². The third-order valence-electron chi connectivity index (χ3n) is 5.08. The van der Waals surface area contributed by atoms with E-state index < -0.39 is 0 Å². The summed E-state index contributed by atoms with van der Waals surface area (Å²) >= 11 is 18.2. The number of nitrogens with zero attached hydrogens (tertiary/aromatic N) is 2. The highest BCUT2D eigenvalue weighted by atomic mass is 35.5. The predicted molar refractivity (Wildman–Crippen MR) is 107 cm³/mol. The van der Waals surface area contributed by atoms with Gasteiger partial charge in [0.1, 0.15) is 11.0 Å². The van der Waals surface area contributed by atoms with Crippen LogP contribution >= 0.6 is 34.8 Å². The van der Waals surface area contributed by atoms with Gasteiger partial charge in [-0.25, -0.2) is 9.97 Å². The summed E-state index contributed by atoms with van der Waals surface area (Å²) < 4.78 is 0. The van der Waals surface area contributed by atoms with Crippen LogP contribution in [0.1, 0.15) is 43.0 Å². The predicted octanol–water partition coefficient (Wildman–Crippen LogP) is 5.52. The van der Waals surface area contributed by atoms with E-state index in [-0.39, 0.29) is 11.5 Å². The van der Waals surface area contributed by atoms with Gasteiger partial charge in [-0.15, -0.1) is 0 Å². The number of aromatic nitrogens is 3. The van der Waals surface area contributed by atoms with Crippen molar-refractivity contribution in [3.63, 3.8) is 0 Å². The Balaban J connectivity index is 1.57. The molecule has 0 spiro atoms. The standard InChI is InChI=1S/C19H19Cl3N4/c20-13-6-11(7-14(21)8-13)9-19(23)5-1-2-12(10-19)17-24-15-3-4-16(22)25-18(15)26-17/h3-4,6-8,12H,1-2,5,9-10,23H2,(H,24,25,26). The monoisotopic (exact) mass is 408 g/mol. The number of halogens is 3. The highest BCUT2D eigenvalue weighted by Gasteiger charge is 2.35. The molecule has 0 saturated heterocycles. The number of nitrogens with two attached hydrogens (primary N) is 1. The number of aromatic amines is 1. The highest BCUT2D eigenvalue weighted by molar-refractivity contribution is 6.34. The van der Waals surface area contributed by atoms with Crippen LogP contribution in [0.2, 0.25) is 15.2 Å². The van der Waals surface area contributed by atoms with E-state index in [4.69, 9.17) is 40.5 Å². The van der Waals surface area contributed by atoms with E-state index in [9.17, 15) is 0 Å². The van der Waals surface area contributed by atoms with E-state index in [0.717, 1.165) is 49.0 Å². The SMILES string of the molecule is NC1(Cc2cc(Cl)cc(Cl)c2)CCCC(c2nc3nc(Cl)ccc3[nH]2)C1. The first-order chi connectivity index (χ1) is 12.4. The van der Waals surface area contributed by atoms with Crippen molar-refractivity contribution in [1.29, 1.82) is 0 Å². The zero-order valence-electron chi connectivity index (χ0n) is 14.1. The number of benzene rings is 1. The minimum Gasteiger partial charge on any atom is -0.340 e. The maximum Gasteiger partial charge on any atom is 0.179 e. The number of hydrogen-bond acceptors (Lipinski definition) is 3. The van der Waals surface area contributed by atoms with Crippen molar-refractivity contribution in [3.8, 4) is 0 Å². The second kappa shape index (κ2) is 7.01. The molecule has 2 atom stereocenters. The molecule has 0 aliphatic heterocycles. The fraction of sp³-hybridized carbons (Fsp3) is 0.368. The smallest absolute Gasteiger partial charge is 0.179 e. The van der Waals surface area contributed by atoms with E-state index >= 15 is 0 Å². The van der Waals surface area contributed by atoms with Crippen LogP contribution in [0.15, 0.2) is 30.3 Å². The first-order valence-electron chi connectivity index (χ1n) is 8.66. The van der Waals surface area contributed by atoms with Crippen molar-refractivity contribution in [2.45, 2.75) is 43.6 Å². The lowest BCUT2D eigenvalue weighted by Crippen LogP contribution is -2.45. The molecule has 4 rings (SSSR count). The molecule has 26 heavy (non-hydrogen) atoms. The minimum atomic E-state index is -0.305. The molecular weight excluding hydrogens is 391 g/mol. The van der Waals surface area contributed by atoms with Crippen LogP contribution in [-0.2, 0) is 6.42 Å². The third kappa shape index (κ3) is 3.84. The number of imidazole rings is 1. The first-order valence-corrected chi connectivity index (χ1v) is 9.80. The Hall–Kier alpha value is -1.33. The van der Waals surface area contributed by atoms with Gasteiger partial charge in [-0.3, -0.25) is 0 Å². The molecule has 1 aliphatic carbocycles. The fourth-order valence-electron chi connectivity index (χ4n) is 3.99. The minimum absolute atomic E-state index is 0.274. The van der Waals surface area contributed by atoms with Gasteiger partial charge in [0.05, 0.1) is 5.52 Å². The van der Waals surface area contributed by atoms with Gasteiger partial charge in [-0.1, -0.05) is 41.2 Å². The molecular formula is C19H19Cl3N4. The molecule has 2 unspecified atom stereocenters. The second-order valence-electron chi connectivity index (χ2n) is 7.24. The molecule has 2 heterocycles. The molecule has 1 aromatic carbocycles. The summed E-state index contributed by atoms with van der Waals surface area (Å²) in [4.78, 5) is 12.3. The van der Waals surface area contributed by atoms with Crippen LogP contribution in [0.5, 0.6) is 0 Å². The van der Waals surface area contributed by atoms with Crippen LogP contribution in [0.25, 0.3) is 11.2 Å². The van der Waals surface area contributed by atoms with E-state index in [2.05, 4.69) is 15.0 Å². The summed E-state index contributed by atoms with van der Waals surface area (Å²) in [6, 6.07) is 9.31. The van der Waals surface area contributed by atoms with Crippen LogP contribution < -0.4 is 5.73 Å². The second-order valence-corrected chi connectivity index (χ2v) is 8.50. The normalized spacial score (nSPS) is 23.5. The van der Waals surface area contributed by atoms with E-state index in [1.165, 1.54) is 0 Å². The molecule has 3 aromatic rings. The van der Waals surface area contributed by atoms with Crippen molar-refractivity contribution in [2.24, 2.45) is 5.73 Å². The lowest BCUT2D eigenvalue weighted by molar-refractivity contribution is 0.261. The maximum absolute atomic E-state index is 6.77. The van der Waals surface area contributed by atoms with E-state index in [0.29, 0.717) is 20.8 Å². The van der Waals surface area contributed by atoms with Gasteiger partial charge in [0.25, 0.3) is 0 Å². The van der Waals surface area contributed by atoms with Crippen molar-refractivity contribution < 1.29 is 0 Å². The van der Waals surface area contributed by atoms with Gasteiger partial charge in [-0.2, -0.15) is 0 Å². The van der Waals surface area contributed by atoms with Crippen LogP contribution in [0.3, 0.4) is 0 Å². The fourth-order valence-corrected chi connectivity index (χ4v) is 4.70. The first kappa shape index (κ1) is 18.1.